The van der Waals surface area contributed by atoms with E-state index < -0.39 is 6.04 Å². The Bertz CT molecular complexity index is 794. The van der Waals surface area contributed by atoms with Gasteiger partial charge in [-0.3, -0.25) is 9.59 Å². The molecule has 2 rings (SSSR count). The molecule has 0 aliphatic carbocycles. The summed E-state index contributed by atoms with van der Waals surface area (Å²) in [6.07, 6.45) is 2.52. The monoisotopic (exact) mass is 418 g/mol. The highest BCUT2D eigenvalue weighted by atomic mass is 35.5. The summed E-state index contributed by atoms with van der Waals surface area (Å²) in [5.41, 5.74) is 1.60. The Hall–Kier alpha value is -2.40. The molecule has 156 valence electrons. The van der Waals surface area contributed by atoms with Crippen molar-refractivity contribution in [1.29, 1.82) is 0 Å². The molecule has 2 amide bonds. The van der Waals surface area contributed by atoms with E-state index in [1.165, 1.54) is 12.1 Å². The predicted octanol–water partition coefficient (Wildman–Crippen LogP) is 4.75. The minimum Gasteiger partial charge on any atom is -0.354 e. The van der Waals surface area contributed by atoms with Gasteiger partial charge in [-0.1, -0.05) is 56.1 Å². The summed E-state index contributed by atoms with van der Waals surface area (Å²) in [5.74, 6) is -0.654. The lowest BCUT2D eigenvalue weighted by Crippen LogP contribution is -2.49. The number of carbonyl (C=O) groups excluding carboxylic acids is 2. The van der Waals surface area contributed by atoms with Crippen molar-refractivity contribution in [2.75, 3.05) is 6.54 Å². The second-order valence-corrected chi connectivity index (χ2v) is 7.46. The number of nitrogens with zero attached hydrogens (tertiary/aromatic N) is 1. The van der Waals surface area contributed by atoms with Crippen molar-refractivity contribution in [2.24, 2.45) is 0 Å². The van der Waals surface area contributed by atoms with E-state index in [2.05, 4.69) is 12.2 Å². The van der Waals surface area contributed by atoms with Crippen molar-refractivity contribution in [3.8, 4) is 0 Å². The molecular formula is C23H28ClFN2O2. The Morgan fingerprint density at radius 1 is 1.03 bits per heavy atom. The molecule has 0 aliphatic rings. The van der Waals surface area contributed by atoms with Crippen LogP contribution >= 0.6 is 11.6 Å². The van der Waals surface area contributed by atoms with E-state index in [1.807, 2.05) is 6.92 Å². The number of rotatable bonds is 10. The fourth-order valence-electron chi connectivity index (χ4n) is 3.09. The zero-order valence-corrected chi connectivity index (χ0v) is 17.7. The molecule has 1 unspecified atom stereocenters. The van der Waals surface area contributed by atoms with E-state index >= 15 is 0 Å². The van der Waals surface area contributed by atoms with Crippen LogP contribution in [0.15, 0.2) is 48.5 Å². The van der Waals surface area contributed by atoms with Crippen molar-refractivity contribution >= 4 is 23.4 Å². The quantitative estimate of drug-likeness (QED) is 0.566. The fourth-order valence-corrected chi connectivity index (χ4v) is 3.22. The van der Waals surface area contributed by atoms with Gasteiger partial charge in [0.25, 0.3) is 0 Å². The third-order valence-electron chi connectivity index (χ3n) is 4.75. The van der Waals surface area contributed by atoms with E-state index in [9.17, 15) is 14.0 Å². The molecule has 0 saturated heterocycles. The summed E-state index contributed by atoms with van der Waals surface area (Å²) in [4.78, 5) is 27.5. The van der Waals surface area contributed by atoms with Gasteiger partial charge in [0.1, 0.15) is 11.9 Å². The van der Waals surface area contributed by atoms with Crippen LogP contribution in [0.2, 0.25) is 5.02 Å². The Labute approximate surface area is 177 Å². The first-order valence-corrected chi connectivity index (χ1v) is 10.4. The number of hydrogen-bond acceptors (Lipinski definition) is 2. The SMILES string of the molecule is CCCCNC(=O)C(CC)N(Cc1ccc(F)cc1)C(=O)Cc1ccc(Cl)cc1. The molecule has 0 aromatic heterocycles. The second kappa shape index (κ2) is 11.6. The molecule has 1 atom stereocenters. The van der Waals surface area contributed by atoms with Crippen molar-refractivity contribution in [1.82, 2.24) is 10.2 Å². The van der Waals surface area contributed by atoms with Crippen molar-refractivity contribution < 1.29 is 14.0 Å². The van der Waals surface area contributed by atoms with Crippen LogP contribution in [0, 0.1) is 5.82 Å². The van der Waals surface area contributed by atoms with Crippen LogP contribution < -0.4 is 5.32 Å². The van der Waals surface area contributed by atoms with Gasteiger partial charge in [0.15, 0.2) is 0 Å². The highest BCUT2D eigenvalue weighted by molar-refractivity contribution is 6.30. The maximum atomic E-state index is 13.3. The van der Waals surface area contributed by atoms with Gasteiger partial charge >= 0.3 is 0 Å². The molecule has 0 radical (unpaired) electrons. The number of amides is 2. The maximum Gasteiger partial charge on any atom is 0.242 e. The van der Waals surface area contributed by atoms with Gasteiger partial charge in [-0.15, -0.1) is 0 Å². The third kappa shape index (κ3) is 7.17. The third-order valence-corrected chi connectivity index (χ3v) is 5.00. The number of benzene rings is 2. The van der Waals surface area contributed by atoms with Crippen LogP contribution in [-0.4, -0.2) is 29.3 Å². The summed E-state index contributed by atoms with van der Waals surface area (Å²) in [5, 5.41) is 3.53. The average Bonchev–Trinajstić information content (AvgIpc) is 2.71. The fraction of sp³-hybridized carbons (Fsp3) is 0.391. The largest absolute Gasteiger partial charge is 0.354 e. The molecule has 0 heterocycles. The molecule has 0 saturated carbocycles. The van der Waals surface area contributed by atoms with E-state index in [-0.39, 0.29) is 30.6 Å². The summed E-state index contributed by atoms with van der Waals surface area (Å²) in [7, 11) is 0. The van der Waals surface area contributed by atoms with Crippen LogP contribution in [-0.2, 0) is 22.6 Å². The molecule has 0 aliphatic heterocycles. The van der Waals surface area contributed by atoms with Gasteiger partial charge in [0, 0.05) is 18.1 Å². The van der Waals surface area contributed by atoms with Gasteiger partial charge in [-0.05, 0) is 48.2 Å². The summed E-state index contributed by atoms with van der Waals surface area (Å²) in [6, 6.07) is 12.5. The summed E-state index contributed by atoms with van der Waals surface area (Å²) in [6.45, 7) is 4.77. The number of unbranched alkanes of at least 4 members (excludes halogenated alkanes) is 1. The van der Waals surface area contributed by atoms with Crippen LogP contribution in [0.25, 0.3) is 0 Å². The zero-order valence-electron chi connectivity index (χ0n) is 17.0. The molecule has 6 heteroatoms. The molecular weight excluding hydrogens is 391 g/mol. The van der Waals surface area contributed by atoms with Gasteiger partial charge in [0.2, 0.25) is 11.8 Å². The first-order valence-electron chi connectivity index (χ1n) is 10.0. The van der Waals surface area contributed by atoms with Gasteiger partial charge in [0.05, 0.1) is 6.42 Å². The number of hydrogen-bond donors (Lipinski definition) is 1. The lowest BCUT2D eigenvalue weighted by Gasteiger charge is -2.31. The van der Waals surface area contributed by atoms with Crippen LogP contribution in [0.4, 0.5) is 4.39 Å². The van der Waals surface area contributed by atoms with Gasteiger partial charge < -0.3 is 10.2 Å². The normalized spacial score (nSPS) is 11.7. The maximum absolute atomic E-state index is 13.3. The number of halogens is 2. The lowest BCUT2D eigenvalue weighted by atomic mass is 10.1. The van der Waals surface area contributed by atoms with E-state index in [0.717, 1.165) is 24.0 Å². The van der Waals surface area contributed by atoms with Gasteiger partial charge in [-0.2, -0.15) is 0 Å². The Kier molecular flexibility index (Phi) is 9.13. The topological polar surface area (TPSA) is 49.4 Å². The zero-order chi connectivity index (χ0) is 21.2. The predicted molar refractivity (Wildman–Crippen MR) is 114 cm³/mol. The van der Waals surface area contributed by atoms with Crippen LogP contribution in [0.5, 0.6) is 0 Å². The van der Waals surface area contributed by atoms with Crippen LogP contribution in [0.3, 0.4) is 0 Å². The second-order valence-electron chi connectivity index (χ2n) is 7.02. The molecule has 0 fully saturated rings. The van der Waals surface area contributed by atoms with Crippen molar-refractivity contribution in [3.63, 3.8) is 0 Å². The molecule has 4 nitrogen and oxygen atoms in total. The van der Waals surface area contributed by atoms with Crippen molar-refractivity contribution in [2.45, 2.75) is 52.1 Å². The Morgan fingerprint density at radius 2 is 1.66 bits per heavy atom. The highest BCUT2D eigenvalue weighted by Gasteiger charge is 2.28. The molecule has 1 N–H and O–H groups in total. The van der Waals surface area contributed by atoms with E-state index in [0.29, 0.717) is 18.0 Å². The number of carbonyl (C=O) groups is 2. The Balaban J connectivity index is 2.22. The first kappa shape index (κ1) is 22.9. The van der Waals surface area contributed by atoms with E-state index in [4.69, 9.17) is 11.6 Å². The lowest BCUT2D eigenvalue weighted by molar-refractivity contribution is -0.140. The molecule has 29 heavy (non-hydrogen) atoms. The highest BCUT2D eigenvalue weighted by Crippen LogP contribution is 2.16. The minimum absolute atomic E-state index is 0.158. The molecule has 2 aromatic carbocycles. The molecule has 2 aromatic rings. The van der Waals surface area contributed by atoms with Crippen molar-refractivity contribution in [3.05, 3.63) is 70.5 Å². The van der Waals surface area contributed by atoms with Crippen LogP contribution in [0.1, 0.15) is 44.2 Å². The Morgan fingerprint density at radius 3 is 2.24 bits per heavy atom. The number of nitrogens with one attached hydrogen (secondary N) is 1. The first-order chi connectivity index (χ1) is 13.9. The average molecular weight is 419 g/mol. The van der Waals surface area contributed by atoms with Gasteiger partial charge in [-0.25, -0.2) is 4.39 Å². The minimum atomic E-state index is -0.586. The standard InChI is InChI=1S/C23H28ClFN2O2/c1-3-5-14-26-23(29)21(4-2)27(16-18-8-12-20(25)13-9-18)22(28)15-17-6-10-19(24)11-7-17/h6-13,21H,3-5,14-16H2,1-2H3,(H,26,29). The summed E-state index contributed by atoms with van der Waals surface area (Å²) >= 11 is 5.93. The molecule has 0 spiro atoms. The van der Waals surface area contributed by atoms with E-state index in [1.54, 1.807) is 41.3 Å². The smallest absolute Gasteiger partial charge is 0.242 e. The molecule has 0 bridgehead atoms. The summed E-state index contributed by atoms with van der Waals surface area (Å²) < 4.78 is 13.3.